The molecule has 1 aliphatic carbocycles. The van der Waals surface area contributed by atoms with E-state index in [2.05, 4.69) is 5.32 Å². The Bertz CT molecular complexity index is 1330. The number of para-hydroxylation sites is 1. The van der Waals surface area contributed by atoms with Crippen LogP contribution in [0, 0.1) is 0 Å². The number of benzene rings is 3. The van der Waals surface area contributed by atoms with Crippen molar-refractivity contribution in [2.24, 2.45) is 0 Å². The molecular formula is C29H32ClN3O4S. The van der Waals surface area contributed by atoms with Crippen molar-refractivity contribution >= 4 is 39.1 Å². The van der Waals surface area contributed by atoms with Crippen LogP contribution in [0.2, 0.25) is 5.02 Å². The van der Waals surface area contributed by atoms with Crippen LogP contribution in [0.3, 0.4) is 0 Å². The number of rotatable bonds is 10. The van der Waals surface area contributed by atoms with E-state index >= 15 is 0 Å². The van der Waals surface area contributed by atoms with E-state index in [0.717, 1.165) is 35.6 Å². The van der Waals surface area contributed by atoms with Crippen molar-refractivity contribution in [2.75, 3.05) is 10.8 Å². The maximum Gasteiger partial charge on any atom is 0.264 e. The van der Waals surface area contributed by atoms with Gasteiger partial charge in [-0.05, 0) is 61.7 Å². The van der Waals surface area contributed by atoms with Crippen LogP contribution in [-0.2, 0) is 26.2 Å². The van der Waals surface area contributed by atoms with E-state index in [-0.39, 0.29) is 23.4 Å². The Morgan fingerprint density at radius 2 is 1.50 bits per heavy atom. The van der Waals surface area contributed by atoms with Crippen molar-refractivity contribution in [2.45, 2.75) is 56.1 Å². The molecule has 0 spiro atoms. The van der Waals surface area contributed by atoms with Gasteiger partial charge in [0, 0.05) is 17.6 Å². The summed E-state index contributed by atoms with van der Waals surface area (Å²) >= 11 is 5.98. The first kappa shape index (κ1) is 27.7. The fourth-order valence-corrected chi connectivity index (χ4v) is 6.15. The Labute approximate surface area is 229 Å². The van der Waals surface area contributed by atoms with Crippen LogP contribution in [0.4, 0.5) is 5.69 Å². The molecule has 0 heterocycles. The first-order chi connectivity index (χ1) is 18.3. The summed E-state index contributed by atoms with van der Waals surface area (Å²) in [5, 5.41) is 3.47. The third-order valence-corrected chi connectivity index (χ3v) is 8.83. The quantitative estimate of drug-likeness (QED) is 0.382. The van der Waals surface area contributed by atoms with Gasteiger partial charge in [0.15, 0.2) is 0 Å². The van der Waals surface area contributed by atoms with Crippen molar-refractivity contribution < 1.29 is 18.0 Å². The lowest BCUT2D eigenvalue weighted by Crippen LogP contribution is -2.52. The number of carbonyl (C=O) groups is 2. The van der Waals surface area contributed by atoms with Gasteiger partial charge in [0.1, 0.15) is 12.6 Å². The van der Waals surface area contributed by atoms with Crippen molar-refractivity contribution in [1.82, 2.24) is 10.2 Å². The summed E-state index contributed by atoms with van der Waals surface area (Å²) in [5.41, 5.74) is 1.19. The Hall–Kier alpha value is -3.36. The molecule has 1 fully saturated rings. The summed E-state index contributed by atoms with van der Waals surface area (Å²) in [6, 6.07) is 23.0. The van der Waals surface area contributed by atoms with E-state index in [1.165, 1.54) is 29.2 Å². The summed E-state index contributed by atoms with van der Waals surface area (Å²) in [5.74, 6) is -0.725. The maximum atomic E-state index is 13.9. The summed E-state index contributed by atoms with van der Waals surface area (Å²) < 4.78 is 28.5. The Kier molecular flexibility index (Phi) is 9.07. The van der Waals surface area contributed by atoms with Gasteiger partial charge in [-0.15, -0.1) is 0 Å². The molecule has 38 heavy (non-hydrogen) atoms. The minimum absolute atomic E-state index is 0.0141. The summed E-state index contributed by atoms with van der Waals surface area (Å²) in [6.07, 6.45) is 3.99. The molecule has 0 aliphatic heterocycles. The van der Waals surface area contributed by atoms with Crippen molar-refractivity contribution in [3.8, 4) is 0 Å². The van der Waals surface area contributed by atoms with Gasteiger partial charge in [-0.3, -0.25) is 13.9 Å². The number of anilines is 1. The predicted molar refractivity (Wildman–Crippen MR) is 149 cm³/mol. The van der Waals surface area contributed by atoms with E-state index in [1.807, 2.05) is 30.3 Å². The lowest BCUT2D eigenvalue weighted by atomic mass is 10.1. The molecule has 1 unspecified atom stereocenters. The molecular weight excluding hydrogens is 522 g/mol. The number of carbonyl (C=O) groups excluding carboxylic acids is 2. The Morgan fingerprint density at radius 1 is 0.921 bits per heavy atom. The average Bonchev–Trinajstić information content (AvgIpc) is 3.44. The molecule has 4 rings (SSSR count). The lowest BCUT2D eigenvalue weighted by molar-refractivity contribution is -0.139. The van der Waals surface area contributed by atoms with Crippen LogP contribution >= 0.6 is 11.6 Å². The van der Waals surface area contributed by atoms with Gasteiger partial charge >= 0.3 is 0 Å². The standard InChI is InChI=1S/C29H32ClN3O4S/c1-22(29(35)31-25-12-8-9-13-25)32(20-23-10-4-2-5-11-23)28(34)21-33(26-14-6-3-7-15-26)38(36,37)27-18-16-24(30)17-19-27/h2-7,10-11,14-19,22,25H,8-9,12-13,20-21H2,1H3,(H,31,35). The van der Waals surface area contributed by atoms with Gasteiger partial charge in [0.2, 0.25) is 11.8 Å². The minimum Gasteiger partial charge on any atom is -0.352 e. The second kappa shape index (κ2) is 12.5. The average molecular weight is 554 g/mol. The zero-order chi connectivity index (χ0) is 27.1. The molecule has 0 bridgehead atoms. The number of sulfonamides is 1. The smallest absolute Gasteiger partial charge is 0.264 e. The number of hydrogen-bond donors (Lipinski definition) is 1. The molecule has 7 nitrogen and oxygen atoms in total. The monoisotopic (exact) mass is 553 g/mol. The highest BCUT2D eigenvalue weighted by molar-refractivity contribution is 7.92. The highest BCUT2D eigenvalue weighted by atomic mass is 35.5. The molecule has 1 aliphatic rings. The number of nitrogens with one attached hydrogen (secondary N) is 1. The molecule has 9 heteroatoms. The van der Waals surface area contributed by atoms with E-state index in [1.54, 1.807) is 37.3 Å². The maximum absolute atomic E-state index is 13.9. The summed E-state index contributed by atoms with van der Waals surface area (Å²) in [4.78, 5) is 28.5. The third kappa shape index (κ3) is 6.74. The minimum atomic E-state index is -4.11. The number of halogens is 1. The number of nitrogens with zero attached hydrogens (tertiary/aromatic N) is 2. The normalized spacial score (nSPS) is 14.6. The van der Waals surface area contributed by atoms with Crippen molar-refractivity contribution in [3.05, 3.63) is 95.5 Å². The molecule has 3 aromatic rings. The zero-order valence-electron chi connectivity index (χ0n) is 21.3. The van der Waals surface area contributed by atoms with Gasteiger partial charge in [0.05, 0.1) is 10.6 Å². The third-order valence-electron chi connectivity index (χ3n) is 6.79. The van der Waals surface area contributed by atoms with E-state index in [0.29, 0.717) is 10.7 Å². The van der Waals surface area contributed by atoms with Crippen LogP contribution in [0.25, 0.3) is 0 Å². The largest absolute Gasteiger partial charge is 0.352 e. The van der Waals surface area contributed by atoms with Gasteiger partial charge in [-0.2, -0.15) is 0 Å². The fourth-order valence-electron chi connectivity index (χ4n) is 4.61. The second-order valence-electron chi connectivity index (χ2n) is 9.47. The Balaban J connectivity index is 1.65. The van der Waals surface area contributed by atoms with Crippen LogP contribution in [0.5, 0.6) is 0 Å². The van der Waals surface area contributed by atoms with E-state index in [9.17, 15) is 18.0 Å². The predicted octanol–water partition coefficient (Wildman–Crippen LogP) is 5.01. The Morgan fingerprint density at radius 3 is 2.11 bits per heavy atom. The van der Waals surface area contributed by atoms with E-state index < -0.39 is 28.5 Å². The van der Waals surface area contributed by atoms with Crippen LogP contribution in [0.15, 0.2) is 89.8 Å². The molecule has 0 saturated heterocycles. The number of amides is 2. The first-order valence-corrected chi connectivity index (χ1v) is 14.5. The van der Waals surface area contributed by atoms with Gasteiger partial charge < -0.3 is 10.2 Å². The van der Waals surface area contributed by atoms with Gasteiger partial charge in [-0.1, -0.05) is 73.0 Å². The van der Waals surface area contributed by atoms with E-state index in [4.69, 9.17) is 11.6 Å². The SMILES string of the molecule is CC(C(=O)NC1CCCC1)N(Cc1ccccc1)C(=O)CN(c1ccccc1)S(=O)(=O)c1ccc(Cl)cc1. The van der Waals surface area contributed by atoms with Gasteiger partial charge in [-0.25, -0.2) is 8.42 Å². The number of hydrogen-bond acceptors (Lipinski definition) is 4. The topological polar surface area (TPSA) is 86.8 Å². The molecule has 3 aromatic carbocycles. The molecule has 1 atom stereocenters. The second-order valence-corrected chi connectivity index (χ2v) is 11.8. The van der Waals surface area contributed by atoms with Crippen LogP contribution in [-0.4, -0.2) is 43.8 Å². The van der Waals surface area contributed by atoms with Crippen molar-refractivity contribution in [1.29, 1.82) is 0 Å². The lowest BCUT2D eigenvalue weighted by Gasteiger charge is -2.32. The molecule has 0 radical (unpaired) electrons. The molecule has 0 aromatic heterocycles. The molecule has 1 N–H and O–H groups in total. The molecule has 1 saturated carbocycles. The fraction of sp³-hybridized carbons (Fsp3) is 0.310. The highest BCUT2D eigenvalue weighted by Gasteiger charge is 2.33. The zero-order valence-corrected chi connectivity index (χ0v) is 22.9. The molecule has 2 amide bonds. The summed E-state index contributed by atoms with van der Waals surface area (Å²) in [7, 11) is -4.11. The van der Waals surface area contributed by atoms with Crippen LogP contribution in [0.1, 0.15) is 38.2 Å². The highest BCUT2D eigenvalue weighted by Crippen LogP contribution is 2.25. The summed E-state index contributed by atoms with van der Waals surface area (Å²) in [6.45, 7) is 1.39. The van der Waals surface area contributed by atoms with Crippen molar-refractivity contribution in [3.63, 3.8) is 0 Å². The molecule has 200 valence electrons. The first-order valence-electron chi connectivity index (χ1n) is 12.7. The van der Waals surface area contributed by atoms with Gasteiger partial charge in [0.25, 0.3) is 10.0 Å². The van der Waals surface area contributed by atoms with Crippen LogP contribution < -0.4 is 9.62 Å².